The van der Waals surface area contributed by atoms with Gasteiger partial charge >= 0.3 is 12.0 Å². The van der Waals surface area contributed by atoms with E-state index in [0.717, 1.165) is 5.56 Å². The topological polar surface area (TPSA) is 118 Å². The third-order valence-electron chi connectivity index (χ3n) is 4.41. The minimum atomic E-state index is -0.769. The Hall–Kier alpha value is -3.62. The molecule has 0 saturated carbocycles. The van der Waals surface area contributed by atoms with Crippen LogP contribution >= 0.6 is 0 Å². The van der Waals surface area contributed by atoms with Crippen molar-refractivity contribution in [1.29, 1.82) is 0 Å². The lowest BCUT2D eigenvalue weighted by Crippen LogP contribution is -2.41. The highest BCUT2D eigenvalue weighted by Gasteiger charge is 2.36. The molecule has 4 amide bonds. The summed E-state index contributed by atoms with van der Waals surface area (Å²) in [6.07, 6.45) is 1.48. The van der Waals surface area contributed by atoms with Crippen LogP contribution in [-0.2, 0) is 25.7 Å². The van der Waals surface area contributed by atoms with Gasteiger partial charge in [-0.15, -0.1) is 0 Å². The molecule has 9 nitrogen and oxygen atoms in total. The lowest BCUT2D eigenvalue weighted by molar-refractivity contribution is -0.152. The van der Waals surface area contributed by atoms with Gasteiger partial charge in [0.2, 0.25) is 5.91 Å². The Kier molecular flexibility index (Phi) is 6.28. The van der Waals surface area contributed by atoms with Crippen LogP contribution in [0.4, 0.5) is 10.5 Å². The van der Waals surface area contributed by atoms with Crippen molar-refractivity contribution < 1.29 is 28.3 Å². The first kappa shape index (κ1) is 20.1. The number of carbonyl (C=O) groups excluding carboxylic acids is 4. The average molecular weight is 399 g/mol. The number of ether oxygens (including phenoxy) is 1. The van der Waals surface area contributed by atoms with E-state index in [1.807, 2.05) is 31.2 Å². The fraction of sp³-hybridized carbons (Fsp3) is 0.300. The van der Waals surface area contributed by atoms with Crippen molar-refractivity contribution >= 4 is 29.5 Å². The zero-order chi connectivity index (χ0) is 20.8. The molecule has 1 aliphatic heterocycles. The summed E-state index contributed by atoms with van der Waals surface area (Å²) in [5.74, 6) is -1.74. The van der Waals surface area contributed by atoms with Gasteiger partial charge in [0, 0.05) is 18.7 Å². The average Bonchev–Trinajstić information content (AvgIpc) is 3.35. The molecule has 1 atom stereocenters. The Balaban J connectivity index is 1.42. The number of urea groups is 1. The van der Waals surface area contributed by atoms with Crippen LogP contribution < -0.4 is 15.5 Å². The smallest absolute Gasteiger partial charge is 0.321 e. The second-order valence-corrected chi connectivity index (χ2v) is 6.66. The number of nitrogens with zero attached hydrogens (tertiary/aromatic N) is 1. The van der Waals surface area contributed by atoms with Crippen molar-refractivity contribution in [1.82, 2.24) is 10.6 Å². The molecule has 2 N–H and O–H groups in total. The predicted molar refractivity (Wildman–Crippen MR) is 102 cm³/mol. The maximum atomic E-state index is 12.2. The van der Waals surface area contributed by atoms with Gasteiger partial charge in [-0.2, -0.15) is 0 Å². The first-order chi connectivity index (χ1) is 13.9. The number of amides is 4. The SMILES string of the molecule is Cc1ccc(N2C[C@H](C(=O)OCC(=O)NC(=O)NCc3ccco3)CC2=O)cc1. The Morgan fingerprint density at radius 3 is 2.66 bits per heavy atom. The maximum Gasteiger partial charge on any atom is 0.321 e. The van der Waals surface area contributed by atoms with Crippen LogP contribution in [0.25, 0.3) is 0 Å². The molecule has 0 spiro atoms. The molecule has 0 radical (unpaired) electrons. The van der Waals surface area contributed by atoms with E-state index in [-0.39, 0.29) is 25.4 Å². The number of aryl methyl sites for hydroxylation is 1. The quantitative estimate of drug-likeness (QED) is 0.711. The number of furan rings is 1. The van der Waals surface area contributed by atoms with Crippen LogP contribution in [0.2, 0.25) is 0 Å². The standard InChI is InChI=1S/C20H21N3O6/c1-13-4-6-15(7-5-13)23-11-14(9-18(23)25)19(26)29-12-17(24)22-20(27)21-10-16-3-2-8-28-16/h2-8,14H,9-12H2,1H3,(H2,21,22,24,27)/t14-/m1/s1. The van der Waals surface area contributed by atoms with Crippen molar-refractivity contribution in [3.63, 3.8) is 0 Å². The highest BCUT2D eigenvalue weighted by molar-refractivity contribution is 6.00. The summed E-state index contributed by atoms with van der Waals surface area (Å²) in [6.45, 7) is 1.64. The Bertz CT molecular complexity index is 891. The first-order valence-electron chi connectivity index (χ1n) is 9.06. The van der Waals surface area contributed by atoms with Gasteiger partial charge in [0.05, 0.1) is 18.7 Å². The van der Waals surface area contributed by atoms with Crippen LogP contribution in [0.1, 0.15) is 17.7 Å². The number of benzene rings is 1. The molecule has 1 aromatic carbocycles. The summed E-state index contributed by atoms with van der Waals surface area (Å²) in [5.41, 5.74) is 1.78. The van der Waals surface area contributed by atoms with E-state index < -0.39 is 30.4 Å². The van der Waals surface area contributed by atoms with Gasteiger partial charge in [0.1, 0.15) is 5.76 Å². The number of anilines is 1. The highest BCUT2D eigenvalue weighted by Crippen LogP contribution is 2.26. The lowest BCUT2D eigenvalue weighted by atomic mass is 10.1. The number of esters is 1. The highest BCUT2D eigenvalue weighted by atomic mass is 16.5. The molecule has 9 heteroatoms. The molecule has 1 aromatic heterocycles. The van der Waals surface area contributed by atoms with Crippen LogP contribution in [0.5, 0.6) is 0 Å². The normalized spacial score (nSPS) is 15.8. The Morgan fingerprint density at radius 2 is 1.97 bits per heavy atom. The molecule has 152 valence electrons. The third kappa shape index (κ3) is 5.44. The van der Waals surface area contributed by atoms with Crippen LogP contribution in [0.3, 0.4) is 0 Å². The van der Waals surface area contributed by atoms with Crippen LogP contribution in [0.15, 0.2) is 47.1 Å². The van der Waals surface area contributed by atoms with Gasteiger partial charge in [-0.1, -0.05) is 17.7 Å². The fourth-order valence-electron chi connectivity index (χ4n) is 2.88. The molecule has 2 aromatic rings. The second kappa shape index (κ2) is 9.05. The van der Waals surface area contributed by atoms with Crippen molar-refractivity contribution in [2.45, 2.75) is 19.9 Å². The molecule has 3 rings (SSSR count). The van der Waals surface area contributed by atoms with Gasteiger partial charge in [-0.05, 0) is 31.2 Å². The summed E-state index contributed by atoms with van der Waals surface area (Å²) in [6, 6.07) is 10.0. The van der Waals surface area contributed by atoms with Gasteiger partial charge in [0.25, 0.3) is 5.91 Å². The number of rotatable bonds is 6. The number of nitrogens with one attached hydrogen (secondary N) is 2. The molecule has 1 aliphatic rings. The van der Waals surface area contributed by atoms with E-state index in [4.69, 9.17) is 9.15 Å². The van der Waals surface area contributed by atoms with Gasteiger partial charge in [-0.3, -0.25) is 19.7 Å². The summed E-state index contributed by atoms with van der Waals surface area (Å²) in [5, 5.41) is 4.49. The summed E-state index contributed by atoms with van der Waals surface area (Å²) in [7, 11) is 0. The number of hydrogen-bond donors (Lipinski definition) is 2. The number of carbonyl (C=O) groups is 4. The van der Waals surface area contributed by atoms with Gasteiger partial charge in [0.15, 0.2) is 6.61 Å². The summed E-state index contributed by atoms with van der Waals surface area (Å²) >= 11 is 0. The van der Waals surface area contributed by atoms with Crippen molar-refractivity contribution in [2.75, 3.05) is 18.1 Å². The van der Waals surface area contributed by atoms with E-state index in [1.165, 1.54) is 11.2 Å². The molecular formula is C20H21N3O6. The number of hydrogen-bond acceptors (Lipinski definition) is 6. The summed E-state index contributed by atoms with van der Waals surface area (Å²) in [4.78, 5) is 49.3. The Morgan fingerprint density at radius 1 is 1.21 bits per heavy atom. The molecule has 2 heterocycles. The van der Waals surface area contributed by atoms with E-state index >= 15 is 0 Å². The third-order valence-corrected chi connectivity index (χ3v) is 4.41. The monoisotopic (exact) mass is 399 g/mol. The van der Waals surface area contributed by atoms with Crippen molar-refractivity contribution in [2.24, 2.45) is 5.92 Å². The first-order valence-corrected chi connectivity index (χ1v) is 9.06. The van der Waals surface area contributed by atoms with E-state index in [1.54, 1.807) is 12.1 Å². The molecule has 0 bridgehead atoms. The molecule has 0 aliphatic carbocycles. The molecule has 1 saturated heterocycles. The van der Waals surface area contributed by atoms with Crippen molar-refractivity contribution in [3.05, 3.63) is 54.0 Å². The van der Waals surface area contributed by atoms with Crippen LogP contribution in [0, 0.1) is 12.8 Å². The molecule has 29 heavy (non-hydrogen) atoms. The summed E-state index contributed by atoms with van der Waals surface area (Å²) < 4.78 is 10.0. The number of imide groups is 1. The van der Waals surface area contributed by atoms with E-state index in [0.29, 0.717) is 11.4 Å². The maximum absolute atomic E-state index is 12.2. The zero-order valence-corrected chi connectivity index (χ0v) is 15.8. The lowest BCUT2D eigenvalue weighted by Gasteiger charge is -2.16. The second-order valence-electron chi connectivity index (χ2n) is 6.66. The molecule has 0 unspecified atom stereocenters. The minimum absolute atomic E-state index is 0.0119. The molecule has 1 fully saturated rings. The fourth-order valence-corrected chi connectivity index (χ4v) is 2.88. The van der Waals surface area contributed by atoms with Crippen molar-refractivity contribution in [3.8, 4) is 0 Å². The predicted octanol–water partition coefficient (Wildman–Crippen LogP) is 1.51. The van der Waals surface area contributed by atoms with E-state index in [2.05, 4.69) is 10.6 Å². The largest absolute Gasteiger partial charge is 0.467 e. The van der Waals surface area contributed by atoms with Crippen LogP contribution in [-0.4, -0.2) is 37.0 Å². The Labute approximate surface area is 167 Å². The molecular weight excluding hydrogens is 378 g/mol. The van der Waals surface area contributed by atoms with Gasteiger partial charge < -0.3 is 19.4 Å². The zero-order valence-electron chi connectivity index (χ0n) is 15.8. The van der Waals surface area contributed by atoms with Gasteiger partial charge in [-0.25, -0.2) is 4.79 Å². The minimum Gasteiger partial charge on any atom is -0.467 e. The van der Waals surface area contributed by atoms with E-state index in [9.17, 15) is 19.2 Å².